The van der Waals surface area contributed by atoms with Crippen LogP contribution in [0.2, 0.25) is 0 Å². The van der Waals surface area contributed by atoms with Crippen molar-refractivity contribution in [2.24, 2.45) is 11.7 Å². The third-order valence-corrected chi connectivity index (χ3v) is 3.19. The second kappa shape index (κ2) is 5.53. The first-order chi connectivity index (χ1) is 7.47. The lowest BCUT2D eigenvalue weighted by atomic mass is 9.76. The summed E-state index contributed by atoms with van der Waals surface area (Å²) in [5.74, 6) is 0.622. The predicted molar refractivity (Wildman–Crippen MR) is 64.2 cm³/mol. The molecule has 1 aliphatic carbocycles. The Morgan fingerprint density at radius 2 is 2.31 bits per heavy atom. The SMILES string of the molecule is CC1CCCC(CN)(NC(=O)OC(C)C)C1. The molecule has 0 aromatic carbocycles. The average molecular weight is 228 g/mol. The van der Waals surface area contributed by atoms with E-state index in [-0.39, 0.29) is 17.7 Å². The molecule has 0 spiro atoms. The maximum Gasteiger partial charge on any atom is 0.407 e. The highest BCUT2D eigenvalue weighted by atomic mass is 16.6. The Morgan fingerprint density at radius 3 is 2.81 bits per heavy atom. The molecule has 0 bridgehead atoms. The maximum absolute atomic E-state index is 11.6. The zero-order valence-electron chi connectivity index (χ0n) is 10.6. The van der Waals surface area contributed by atoms with Crippen LogP contribution in [-0.4, -0.2) is 24.3 Å². The predicted octanol–water partition coefficient (Wildman–Crippen LogP) is 2.03. The molecule has 0 heterocycles. The summed E-state index contributed by atoms with van der Waals surface area (Å²) in [4.78, 5) is 11.6. The van der Waals surface area contributed by atoms with Crippen molar-refractivity contribution >= 4 is 6.09 Å². The molecule has 4 nitrogen and oxygen atoms in total. The van der Waals surface area contributed by atoms with Crippen LogP contribution in [0.3, 0.4) is 0 Å². The maximum atomic E-state index is 11.6. The number of nitrogens with one attached hydrogen (secondary N) is 1. The van der Waals surface area contributed by atoms with E-state index in [1.54, 1.807) is 0 Å². The molecule has 94 valence electrons. The van der Waals surface area contributed by atoms with Crippen LogP contribution >= 0.6 is 0 Å². The molecule has 2 unspecified atom stereocenters. The minimum atomic E-state index is -0.338. The molecular formula is C12H24N2O2. The fourth-order valence-electron chi connectivity index (χ4n) is 2.47. The van der Waals surface area contributed by atoms with Crippen LogP contribution in [0.15, 0.2) is 0 Å². The molecule has 16 heavy (non-hydrogen) atoms. The summed E-state index contributed by atoms with van der Waals surface area (Å²) in [5.41, 5.74) is 5.56. The Kier molecular flexibility index (Phi) is 4.59. The van der Waals surface area contributed by atoms with Gasteiger partial charge < -0.3 is 15.8 Å². The number of carbonyl (C=O) groups is 1. The second-order valence-electron chi connectivity index (χ2n) is 5.27. The molecule has 3 N–H and O–H groups in total. The number of hydrogen-bond acceptors (Lipinski definition) is 3. The number of alkyl carbamates (subject to hydrolysis) is 1. The molecule has 0 aromatic rings. The van der Waals surface area contributed by atoms with E-state index in [0.717, 1.165) is 19.3 Å². The van der Waals surface area contributed by atoms with Crippen molar-refractivity contribution in [3.05, 3.63) is 0 Å². The van der Waals surface area contributed by atoms with Crippen molar-refractivity contribution in [2.75, 3.05) is 6.54 Å². The third-order valence-electron chi connectivity index (χ3n) is 3.19. The molecular weight excluding hydrogens is 204 g/mol. The molecule has 0 saturated heterocycles. The van der Waals surface area contributed by atoms with E-state index in [1.165, 1.54) is 6.42 Å². The molecule has 0 aromatic heterocycles. The number of hydrogen-bond donors (Lipinski definition) is 2. The second-order valence-corrected chi connectivity index (χ2v) is 5.27. The van der Waals surface area contributed by atoms with Gasteiger partial charge in [0.25, 0.3) is 0 Å². The monoisotopic (exact) mass is 228 g/mol. The summed E-state index contributed by atoms with van der Waals surface area (Å²) in [6.07, 6.45) is 3.84. The fourth-order valence-corrected chi connectivity index (χ4v) is 2.47. The summed E-state index contributed by atoms with van der Waals surface area (Å²) in [5, 5.41) is 2.96. The first kappa shape index (κ1) is 13.3. The summed E-state index contributed by atoms with van der Waals surface area (Å²) < 4.78 is 5.11. The lowest BCUT2D eigenvalue weighted by molar-refractivity contribution is 0.0941. The molecule has 1 saturated carbocycles. The fraction of sp³-hybridized carbons (Fsp3) is 0.917. The quantitative estimate of drug-likeness (QED) is 0.776. The van der Waals surface area contributed by atoms with Crippen LogP contribution < -0.4 is 11.1 Å². The summed E-state index contributed by atoms with van der Waals surface area (Å²) in [6.45, 7) is 6.39. The summed E-state index contributed by atoms with van der Waals surface area (Å²) in [7, 11) is 0. The van der Waals surface area contributed by atoms with Crippen molar-refractivity contribution < 1.29 is 9.53 Å². The first-order valence-electron chi connectivity index (χ1n) is 6.16. The van der Waals surface area contributed by atoms with Gasteiger partial charge in [-0.25, -0.2) is 4.79 Å². The lowest BCUT2D eigenvalue weighted by Gasteiger charge is -2.39. The summed E-state index contributed by atoms with van der Waals surface area (Å²) >= 11 is 0. The van der Waals surface area contributed by atoms with Gasteiger partial charge in [-0.3, -0.25) is 0 Å². The average Bonchev–Trinajstić information content (AvgIpc) is 2.16. The Bertz CT molecular complexity index is 243. The van der Waals surface area contributed by atoms with Gasteiger partial charge in [0.1, 0.15) is 0 Å². The van der Waals surface area contributed by atoms with Crippen LogP contribution in [0.5, 0.6) is 0 Å². The largest absolute Gasteiger partial charge is 0.447 e. The number of amides is 1. The van der Waals surface area contributed by atoms with E-state index >= 15 is 0 Å². The van der Waals surface area contributed by atoms with Crippen LogP contribution in [0.25, 0.3) is 0 Å². The van der Waals surface area contributed by atoms with E-state index in [9.17, 15) is 4.79 Å². The van der Waals surface area contributed by atoms with Gasteiger partial charge in [0.05, 0.1) is 11.6 Å². The normalized spacial score (nSPS) is 30.2. The van der Waals surface area contributed by atoms with Gasteiger partial charge in [-0.15, -0.1) is 0 Å². The van der Waals surface area contributed by atoms with Crippen LogP contribution in [-0.2, 0) is 4.74 Å². The zero-order valence-corrected chi connectivity index (χ0v) is 10.6. The van der Waals surface area contributed by atoms with Gasteiger partial charge in [-0.05, 0) is 32.6 Å². The molecule has 0 radical (unpaired) electrons. The summed E-state index contributed by atoms with van der Waals surface area (Å²) in [6, 6.07) is 0. The van der Waals surface area contributed by atoms with Crippen LogP contribution in [0.4, 0.5) is 4.79 Å². The van der Waals surface area contributed by atoms with Crippen molar-refractivity contribution in [2.45, 2.75) is 58.1 Å². The number of rotatable bonds is 3. The topological polar surface area (TPSA) is 64.3 Å². The minimum absolute atomic E-state index is 0.0872. The van der Waals surface area contributed by atoms with E-state index in [1.807, 2.05) is 13.8 Å². The molecule has 2 atom stereocenters. The van der Waals surface area contributed by atoms with Gasteiger partial charge in [0, 0.05) is 6.54 Å². The van der Waals surface area contributed by atoms with E-state index in [4.69, 9.17) is 10.5 Å². The van der Waals surface area contributed by atoms with Crippen LogP contribution in [0.1, 0.15) is 46.5 Å². The van der Waals surface area contributed by atoms with Gasteiger partial charge in [-0.2, -0.15) is 0 Å². The highest BCUT2D eigenvalue weighted by Crippen LogP contribution is 2.31. The third kappa shape index (κ3) is 3.67. The number of ether oxygens (including phenoxy) is 1. The smallest absolute Gasteiger partial charge is 0.407 e. The molecule has 1 aliphatic rings. The number of nitrogens with two attached hydrogens (primary N) is 1. The minimum Gasteiger partial charge on any atom is -0.447 e. The van der Waals surface area contributed by atoms with Gasteiger partial charge in [0.15, 0.2) is 0 Å². The van der Waals surface area contributed by atoms with Crippen molar-refractivity contribution in [3.63, 3.8) is 0 Å². The van der Waals surface area contributed by atoms with Gasteiger partial charge in [0.2, 0.25) is 0 Å². The van der Waals surface area contributed by atoms with Gasteiger partial charge in [-0.1, -0.05) is 19.8 Å². The Balaban J connectivity index is 2.55. The van der Waals surface area contributed by atoms with Crippen molar-refractivity contribution in [1.82, 2.24) is 5.32 Å². The van der Waals surface area contributed by atoms with E-state index in [0.29, 0.717) is 12.5 Å². The molecule has 0 aliphatic heterocycles. The van der Waals surface area contributed by atoms with Gasteiger partial charge >= 0.3 is 6.09 Å². The first-order valence-corrected chi connectivity index (χ1v) is 6.16. The molecule has 1 amide bonds. The number of carbonyl (C=O) groups excluding carboxylic acids is 1. The van der Waals surface area contributed by atoms with E-state index in [2.05, 4.69) is 12.2 Å². The standard InChI is InChI=1S/C12H24N2O2/c1-9(2)16-11(15)14-12(8-13)6-4-5-10(3)7-12/h9-10H,4-8,13H2,1-3H3,(H,14,15). The highest BCUT2D eigenvalue weighted by molar-refractivity contribution is 5.68. The Labute approximate surface area is 97.9 Å². The zero-order chi connectivity index (χ0) is 12.2. The van der Waals surface area contributed by atoms with E-state index < -0.39 is 0 Å². The molecule has 4 heteroatoms. The highest BCUT2D eigenvalue weighted by Gasteiger charge is 2.35. The van der Waals surface area contributed by atoms with Crippen molar-refractivity contribution in [3.8, 4) is 0 Å². The Hall–Kier alpha value is -0.770. The van der Waals surface area contributed by atoms with Crippen LogP contribution in [0, 0.1) is 5.92 Å². The Morgan fingerprint density at radius 1 is 1.62 bits per heavy atom. The molecule has 1 rings (SSSR count). The lowest BCUT2D eigenvalue weighted by Crippen LogP contribution is -2.56. The van der Waals surface area contributed by atoms with Crippen molar-refractivity contribution in [1.29, 1.82) is 0 Å². The molecule has 1 fully saturated rings.